The minimum absolute atomic E-state index is 0.346. The van der Waals surface area contributed by atoms with Gasteiger partial charge in [0, 0.05) is 0 Å². The van der Waals surface area contributed by atoms with Gasteiger partial charge in [0.15, 0.2) is 6.10 Å². The van der Waals surface area contributed by atoms with Crippen LogP contribution in [-0.2, 0) is 4.79 Å². The number of aryl methyl sites for hydroxylation is 1. The smallest absolute Gasteiger partial charge is 0.279 e. The van der Waals surface area contributed by atoms with E-state index in [1.165, 1.54) is 11.3 Å². The van der Waals surface area contributed by atoms with E-state index in [0.717, 1.165) is 5.56 Å². The van der Waals surface area contributed by atoms with Crippen LogP contribution in [0.25, 0.3) is 0 Å². The second kappa shape index (κ2) is 6.90. The molecule has 1 unspecified atom stereocenters. The first kappa shape index (κ1) is 15.1. The predicted molar refractivity (Wildman–Crippen MR) is 81.2 cm³/mol. The van der Waals surface area contributed by atoms with Gasteiger partial charge in [0.1, 0.15) is 5.75 Å². The number of hydrogen-bond acceptors (Lipinski definition) is 4. The standard InChI is InChI=1S/C15H16N2O3S/c1-10-6-3-4-7-12(10)20-11(2)14(18)16-17-15(19)13-8-5-9-21-13/h3-9,11H,1-2H3,(H,16,18)(H,17,19). The number of hydrogen-bond donors (Lipinski definition) is 2. The van der Waals surface area contributed by atoms with E-state index in [9.17, 15) is 9.59 Å². The van der Waals surface area contributed by atoms with Gasteiger partial charge in [-0.3, -0.25) is 20.4 Å². The van der Waals surface area contributed by atoms with Crippen molar-refractivity contribution in [3.05, 3.63) is 52.2 Å². The molecule has 0 saturated carbocycles. The fourth-order valence-corrected chi connectivity index (χ4v) is 2.24. The second-order valence-electron chi connectivity index (χ2n) is 4.45. The van der Waals surface area contributed by atoms with Crippen LogP contribution in [0.5, 0.6) is 5.75 Å². The summed E-state index contributed by atoms with van der Waals surface area (Å²) in [6.45, 7) is 3.53. The summed E-state index contributed by atoms with van der Waals surface area (Å²) in [6, 6.07) is 10.9. The van der Waals surface area contributed by atoms with Crippen LogP contribution in [0, 0.1) is 6.92 Å². The van der Waals surface area contributed by atoms with Gasteiger partial charge < -0.3 is 4.74 Å². The zero-order valence-corrected chi connectivity index (χ0v) is 12.6. The number of carbonyl (C=O) groups is 2. The van der Waals surface area contributed by atoms with E-state index < -0.39 is 12.0 Å². The quantitative estimate of drug-likeness (QED) is 0.852. The van der Waals surface area contributed by atoms with Gasteiger partial charge in [0.25, 0.3) is 11.8 Å². The number of carbonyl (C=O) groups excluding carboxylic acids is 2. The number of thiophene rings is 1. The van der Waals surface area contributed by atoms with Crippen LogP contribution in [0.15, 0.2) is 41.8 Å². The summed E-state index contributed by atoms with van der Waals surface area (Å²) < 4.78 is 5.57. The molecule has 1 aromatic heterocycles. The monoisotopic (exact) mass is 304 g/mol. The van der Waals surface area contributed by atoms with E-state index in [1.54, 1.807) is 30.5 Å². The van der Waals surface area contributed by atoms with Gasteiger partial charge in [-0.25, -0.2) is 0 Å². The zero-order valence-electron chi connectivity index (χ0n) is 11.8. The van der Waals surface area contributed by atoms with Crippen molar-refractivity contribution in [3.8, 4) is 5.75 Å². The first-order valence-corrected chi connectivity index (χ1v) is 7.32. The molecule has 21 heavy (non-hydrogen) atoms. The van der Waals surface area contributed by atoms with Crippen molar-refractivity contribution in [1.29, 1.82) is 0 Å². The molecule has 1 atom stereocenters. The van der Waals surface area contributed by atoms with Crippen molar-refractivity contribution in [1.82, 2.24) is 10.9 Å². The van der Waals surface area contributed by atoms with E-state index in [4.69, 9.17) is 4.74 Å². The molecule has 0 radical (unpaired) electrons. The Morgan fingerprint density at radius 2 is 1.90 bits per heavy atom. The molecule has 0 bridgehead atoms. The van der Waals surface area contributed by atoms with Gasteiger partial charge in [-0.15, -0.1) is 11.3 Å². The lowest BCUT2D eigenvalue weighted by Gasteiger charge is -2.16. The summed E-state index contributed by atoms with van der Waals surface area (Å²) in [5.74, 6) is -0.116. The molecule has 0 spiro atoms. The Hall–Kier alpha value is -2.34. The Kier molecular flexibility index (Phi) is 4.94. The first-order valence-electron chi connectivity index (χ1n) is 6.44. The van der Waals surface area contributed by atoms with Gasteiger partial charge in [-0.05, 0) is 36.9 Å². The second-order valence-corrected chi connectivity index (χ2v) is 5.39. The Balaban J connectivity index is 1.86. The van der Waals surface area contributed by atoms with E-state index in [2.05, 4.69) is 10.9 Å². The van der Waals surface area contributed by atoms with E-state index >= 15 is 0 Å². The number of hydrazine groups is 1. The maximum absolute atomic E-state index is 11.9. The van der Waals surface area contributed by atoms with Gasteiger partial charge >= 0.3 is 0 Å². The van der Waals surface area contributed by atoms with E-state index in [1.807, 2.05) is 25.1 Å². The molecule has 2 aromatic rings. The predicted octanol–water partition coefficient (Wildman–Crippen LogP) is 2.29. The molecule has 5 nitrogen and oxygen atoms in total. The molecule has 0 aliphatic heterocycles. The summed E-state index contributed by atoms with van der Waals surface area (Å²) in [5.41, 5.74) is 5.66. The minimum Gasteiger partial charge on any atom is -0.481 e. The topological polar surface area (TPSA) is 67.4 Å². The van der Waals surface area contributed by atoms with Crippen LogP contribution < -0.4 is 15.6 Å². The third-order valence-electron chi connectivity index (χ3n) is 2.81. The van der Waals surface area contributed by atoms with Gasteiger partial charge in [-0.1, -0.05) is 24.3 Å². The molecule has 110 valence electrons. The summed E-state index contributed by atoms with van der Waals surface area (Å²) in [7, 11) is 0. The number of ether oxygens (including phenoxy) is 1. The Bertz CT molecular complexity index is 626. The van der Waals surface area contributed by atoms with Crippen LogP contribution in [0.2, 0.25) is 0 Å². The van der Waals surface area contributed by atoms with Crippen LogP contribution in [0.4, 0.5) is 0 Å². The van der Waals surface area contributed by atoms with Crippen LogP contribution in [0.1, 0.15) is 22.2 Å². The Morgan fingerprint density at radius 3 is 2.57 bits per heavy atom. The molecule has 0 fully saturated rings. The Labute approximate surface area is 126 Å². The van der Waals surface area contributed by atoms with E-state index in [0.29, 0.717) is 10.6 Å². The molecule has 0 aliphatic carbocycles. The average molecular weight is 304 g/mol. The van der Waals surface area contributed by atoms with Crippen molar-refractivity contribution in [3.63, 3.8) is 0 Å². The fraction of sp³-hybridized carbons (Fsp3) is 0.200. The number of amides is 2. The number of nitrogens with one attached hydrogen (secondary N) is 2. The van der Waals surface area contributed by atoms with Crippen LogP contribution in [-0.4, -0.2) is 17.9 Å². The van der Waals surface area contributed by atoms with Gasteiger partial charge in [-0.2, -0.15) is 0 Å². The molecule has 0 aliphatic rings. The summed E-state index contributed by atoms with van der Waals surface area (Å²) in [6.07, 6.45) is -0.713. The highest BCUT2D eigenvalue weighted by atomic mass is 32.1. The third kappa shape index (κ3) is 4.06. The lowest BCUT2D eigenvalue weighted by Crippen LogP contribution is -2.47. The molecule has 2 rings (SSSR count). The van der Waals surface area contributed by atoms with Gasteiger partial charge in [0.05, 0.1) is 4.88 Å². The summed E-state index contributed by atoms with van der Waals surface area (Å²) in [5, 5.41) is 1.79. The fourth-order valence-electron chi connectivity index (χ4n) is 1.62. The lowest BCUT2D eigenvalue weighted by atomic mass is 10.2. The van der Waals surface area contributed by atoms with Crippen molar-refractivity contribution >= 4 is 23.2 Å². The first-order chi connectivity index (χ1) is 10.1. The summed E-state index contributed by atoms with van der Waals surface area (Å²) in [4.78, 5) is 24.1. The van der Waals surface area contributed by atoms with Crippen LogP contribution in [0.3, 0.4) is 0 Å². The molecule has 6 heteroatoms. The minimum atomic E-state index is -0.713. The molecule has 1 heterocycles. The molecular formula is C15H16N2O3S. The molecular weight excluding hydrogens is 288 g/mol. The van der Waals surface area contributed by atoms with Crippen LogP contribution >= 0.6 is 11.3 Å². The average Bonchev–Trinajstić information content (AvgIpc) is 3.01. The van der Waals surface area contributed by atoms with Gasteiger partial charge in [0.2, 0.25) is 0 Å². The number of benzene rings is 1. The van der Waals surface area contributed by atoms with Crippen molar-refractivity contribution in [2.75, 3.05) is 0 Å². The van der Waals surface area contributed by atoms with Crippen molar-refractivity contribution in [2.24, 2.45) is 0 Å². The molecule has 1 aromatic carbocycles. The molecule has 0 saturated heterocycles. The highest BCUT2D eigenvalue weighted by molar-refractivity contribution is 7.12. The summed E-state index contributed by atoms with van der Waals surface area (Å²) >= 11 is 1.30. The van der Waals surface area contributed by atoms with Crippen molar-refractivity contribution in [2.45, 2.75) is 20.0 Å². The van der Waals surface area contributed by atoms with Crippen molar-refractivity contribution < 1.29 is 14.3 Å². The number of rotatable bonds is 4. The normalized spacial score (nSPS) is 11.5. The largest absolute Gasteiger partial charge is 0.481 e. The maximum atomic E-state index is 11.9. The lowest BCUT2D eigenvalue weighted by molar-refractivity contribution is -0.128. The SMILES string of the molecule is Cc1ccccc1OC(C)C(=O)NNC(=O)c1cccs1. The maximum Gasteiger partial charge on any atom is 0.279 e. The Morgan fingerprint density at radius 1 is 1.14 bits per heavy atom. The highest BCUT2D eigenvalue weighted by Crippen LogP contribution is 2.17. The highest BCUT2D eigenvalue weighted by Gasteiger charge is 2.16. The third-order valence-corrected chi connectivity index (χ3v) is 3.68. The van der Waals surface area contributed by atoms with E-state index in [-0.39, 0.29) is 5.91 Å². The molecule has 2 amide bonds. The zero-order chi connectivity index (χ0) is 15.2. The molecule has 2 N–H and O–H groups in total. The number of para-hydroxylation sites is 1.